The SMILES string of the molecule is C=C.CNC1(c2cccc(C)c2)CCC(=O)CC1. The lowest BCUT2D eigenvalue weighted by Gasteiger charge is -2.37. The molecule has 98 valence electrons. The molecule has 1 saturated carbocycles. The number of carbonyl (C=O) groups excluding carboxylic acids is 1. The molecule has 0 bridgehead atoms. The van der Waals surface area contributed by atoms with Crippen molar-refractivity contribution in [1.82, 2.24) is 5.32 Å². The Morgan fingerprint density at radius 1 is 1.22 bits per heavy atom. The van der Waals surface area contributed by atoms with Gasteiger partial charge in [-0.15, -0.1) is 13.2 Å². The summed E-state index contributed by atoms with van der Waals surface area (Å²) in [7, 11) is 2.00. The Hall–Kier alpha value is -1.41. The fourth-order valence-electron chi connectivity index (χ4n) is 2.58. The van der Waals surface area contributed by atoms with E-state index in [1.165, 1.54) is 11.1 Å². The van der Waals surface area contributed by atoms with E-state index in [0.717, 1.165) is 12.8 Å². The Labute approximate surface area is 110 Å². The molecule has 0 amide bonds. The summed E-state index contributed by atoms with van der Waals surface area (Å²) < 4.78 is 0. The standard InChI is InChI=1S/C14H19NO.C2H4/c1-11-4-3-5-12(10-11)14(15-2)8-6-13(16)7-9-14;1-2/h3-5,10,15H,6-9H2,1-2H3;1-2H2. The third-order valence-corrected chi connectivity index (χ3v) is 3.71. The maximum atomic E-state index is 11.3. The highest BCUT2D eigenvalue weighted by Crippen LogP contribution is 2.35. The van der Waals surface area contributed by atoms with Gasteiger partial charge in [0.25, 0.3) is 0 Å². The van der Waals surface area contributed by atoms with Crippen LogP contribution in [0, 0.1) is 6.92 Å². The molecule has 0 unspecified atom stereocenters. The van der Waals surface area contributed by atoms with E-state index in [0.29, 0.717) is 18.6 Å². The molecule has 1 N–H and O–H groups in total. The number of hydrogen-bond acceptors (Lipinski definition) is 2. The molecule has 2 heteroatoms. The van der Waals surface area contributed by atoms with E-state index in [2.05, 4.69) is 49.7 Å². The van der Waals surface area contributed by atoms with Gasteiger partial charge in [0, 0.05) is 18.4 Å². The molecule has 2 rings (SSSR count). The topological polar surface area (TPSA) is 29.1 Å². The van der Waals surface area contributed by atoms with Crippen molar-refractivity contribution in [2.75, 3.05) is 7.05 Å². The molecular weight excluding hydrogens is 222 g/mol. The molecule has 0 aromatic heterocycles. The summed E-state index contributed by atoms with van der Waals surface area (Å²) in [4.78, 5) is 11.3. The summed E-state index contributed by atoms with van der Waals surface area (Å²) >= 11 is 0. The van der Waals surface area contributed by atoms with Crippen LogP contribution in [0.1, 0.15) is 36.8 Å². The maximum Gasteiger partial charge on any atom is 0.133 e. The summed E-state index contributed by atoms with van der Waals surface area (Å²) in [5.74, 6) is 0.401. The van der Waals surface area contributed by atoms with Gasteiger partial charge < -0.3 is 5.32 Å². The zero-order chi connectivity index (χ0) is 13.6. The van der Waals surface area contributed by atoms with E-state index in [4.69, 9.17) is 0 Å². The van der Waals surface area contributed by atoms with E-state index < -0.39 is 0 Å². The van der Waals surface area contributed by atoms with E-state index in [1.807, 2.05) is 7.05 Å². The number of carbonyl (C=O) groups is 1. The average Bonchev–Trinajstić information content (AvgIpc) is 2.42. The largest absolute Gasteiger partial charge is 0.310 e. The number of rotatable bonds is 2. The first kappa shape index (κ1) is 14.7. The first-order valence-corrected chi connectivity index (χ1v) is 6.44. The van der Waals surface area contributed by atoms with Crippen LogP contribution in [0.4, 0.5) is 0 Å². The summed E-state index contributed by atoms with van der Waals surface area (Å²) in [6.45, 7) is 8.11. The van der Waals surface area contributed by atoms with Crippen molar-refractivity contribution >= 4 is 5.78 Å². The van der Waals surface area contributed by atoms with Gasteiger partial charge in [0.2, 0.25) is 0 Å². The zero-order valence-corrected chi connectivity index (χ0v) is 11.5. The number of aryl methyl sites for hydroxylation is 1. The highest BCUT2D eigenvalue weighted by Gasteiger charge is 2.34. The quantitative estimate of drug-likeness (QED) is 0.810. The van der Waals surface area contributed by atoms with Crippen LogP contribution in [-0.2, 0) is 10.3 Å². The molecule has 0 spiro atoms. The van der Waals surface area contributed by atoms with Crippen LogP contribution in [0.15, 0.2) is 37.4 Å². The van der Waals surface area contributed by atoms with E-state index in [-0.39, 0.29) is 5.54 Å². The lowest BCUT2D eigenvalue weighted by atomic mass is 9.76. The Kier molecular flexibility index (Phi) is 5.29. The second-order valence-electron chi connectivity index (χ2n) is 4.74. The first-order valence-electron chi connectivity index (χ1n) is 6.44. The van der Waals surface area contributed by atoms with E-state index >= 15 is 0 Å². The molecule has 0 radical (unpaired) electrons. The molecule has 1 aromatic rings. The van der Waals surface area contributed by atoms with Gasteiger partial charge in [-0.2, -0.15) is 0 Å². The van der Waals surface area contributed by atoms with Gasteiger partial charge in [-0.1, -0.05) is 29.8 Å². The molecule has 1 aliphatic carbocycles. The Balaban J connectivity index is 0.000000771. The number of nitrogens with one attached hydrogen (secondary N) is 1. The normalized spacial score (nSPS) is 17.8. The van der Waals surface area contributed by atoms with Gasteiger partial charge in [-0.25, -0.2) is 0 Å². The van der Waals surface area contributed by atoms with Crippen LogP contribution in [0.5, 0.6) is 0 Å². The summed E-state index contributed by atoms with van der Waals surface area (Å²) in [6.07, 6.45) is 3.25. The van der Waals surface area contributed by atoms with Crippen molar-refractivity contribution in [3.63, 3.8) is 0 Å². The minimum atomic E-state index is 0.0138. The number of Topliss-reactive ketones (excluding diaryl/α,β-unsaturated/α-hetero) is 1. The van der Waals surface area contributed by atoms with Crippen LogP contribution in [0.3, 0.4) is 0 Å². The molecule has 1 fully saturated rings. The lowest BCUT2D eigenvalue weighted by molar-refractivity contribution is -0.121. The molecule has 1 aromatic carbocycles. The van der Waals surface area contributed by atoms with Crippen LogP contribution < -0.4 is 5.32 Å². The smallest absolute Gasteiger partial charge is 0.133 e. The third kappa shape index (κ3) is 3.08. The maximum absolute atomic E-state index is 11.3. The van der Waals surface area contributed by atoms with Crippen molar-refractivity contribution in [2.45, 2.75) is 38.1 Å². The molecule has 2 nitrogen and oxygen atoms in total. The number of hydrogen-bond donors (Lipinski definition) is 1. The fraction of sp³-hybridized carbons (Fsp3) is 0.438. The van der Waals surface area contributed by atoms with Crippen molar-refractivity contribution in [3.05, 3.63) is 48.6 Å². The summed E-state index contributed by atoms with van der Waals surface area (Å²) in [5.41, 5.74) is 2.62. The van der Waals surface area contributed by atoms with Gasteiger partial charge in [-0.05, 0) is 32.4 Å². The van der Waals surface area contributed by atoms with Crippen LogP contribution in [0.2, 0.25) is 0 Å². The molecule has 0 aliphatic heterocycles. The van der Waals surface area contributed by atoms with Gasteiger partial charge in [0.15, 0.2) is 0 Å². The highest BCUT2D eigenvalue weighted by atomic mass is 16.1. The summed E-state index contributed by atoms with van der Waals surface area (Å²) in [5, 5.41) is 3.43. The van der Waals surface area contributed by atoms with Gasteiger partial charge in [-0.3, -0.25) is 4.79 Å². The van der Waals surface area contributed by atoms with Gasteiger partial charge >= 0.3 is 0 Å². The first-order chi connectivity index (χ1) is 8.66. The highest BCUT2D eigenvalue weighted by molar-refractivity contribution is 5.79. The average molecular weight is 245 g/mol. The number of benzene rings is 1. The Morgan fingerprint density at radius 3 is 2.33 bits per heavy atom. The van der Waals surface area contributed by atoms with Gasteiger partial charge in [0.05, 0.1) is 0 Å². The predicted molar refractivity (Wildman–Crippen MR) is 76.6 cm³/mol. The van der Waals surface area contributed by atoms with Crippen LogP contribution >= 0.6 is 0 Å². The van der Waals surface area contributed by atoms with Crippen LogP contribution in [-0.4, -0.2) is 12.8 Å². The second kappa shape index (κ2) is 6.50. The monoisotopic (exact) mass is 245 g/mol. The fourth-order valence-corrected chi connectivity index (χ4v) is 2.58. The summed E-state index contributed by atoms with van der Waals surface area (Å²) in [6, 6.07) is 8.60. The van der Waals surface area contributed by atoms with Crippen molar-refractivity contribution in [1.29, 1.82) is 0 Å². The molecule has 0 atom stereocenters. The molecular formula is C16H23NO. The van der Waals surface area contributed by atoms with Gasteiger partial charge in [0.1, 0.15) is 5.78 Å². The lowest BCUT2D eigenvalue weighted by Crippen LogP contribution is -2.43. The molecule has 0 saturated heterocycles. The minimum absolute atomic E-state index is 0.0138. The van der Waals surface area contributed by atoms with E-state index in [1.54, 1.807) is 0 Å². The molecule has 1 aliphatic rings. The minimum Gasteiger partial charge on any atom is -0.310 e. The Morgan fingerprint density at radius 2 is 1.83 bits per heavy atom. The second-order valence-corrected chi connectivity index (χ2v) is 4.74. The van der Waals surface area contributed by atoms with Crippen molar-refractivity contribution in [3.8, 4) is 0 Å². The third-order valence-electron chi connectivity index (χ3n) is 3.71. The Bertz CT molecular complexity index is 401. The zero-order valence-electron chi connectivity index (χ0n) is 11.5. The van der Waals surface area contributed by atoms with Crippen molar-refractivity contribution in [2.24, 2.45) is 0 Å². The van der Waals surface area contributed by atoms with E-state index in [9.17, 15) is 4.79 Å². The predicted octanol–water partition coefficient (Wildman–Crippen LogP) is 3.36. The molecule has 0 heterocycles. The number of ketones is 1. The van der Waals surface area contributed by atoms with Crippen LogP contribution in [0.25, 0.3) is 0 Å². The van der Waals surface area contributed by atoms with Crippen molar-refractivity contribution < 1.29 is 4.79 Å². The molecule has 18 heavy (non-hydrogen) atoms.